The molecule has 0 atom stereocenters. The Morgan fingerprint density at radius 2 is 2.06 bits per heavy atom. The number of nitrogen functional groups attached to an aromatic ring is 1. The normalized spacial score (nSPS) is 11.4. The summed E-state index contributed by atoms with van der Waals surface area (Å²) in [7, 11) is -1.43. The first kappa shape index (κ1) is 12.4. The van der Waals surface area contributed by atoms with Gasteiger partial charge in [-0.15, -0.1) is 0 Å². The number of sulfone groups is 1. The molecule has 7 heteroatoms. The molecule has 0 unspecified atom stereocenters. The molecular formula is C11H14N4O2S. The number of anilines is 3. The van der Waals surface area contributed by atoms with Gasteiger partial charge in [0.25, 0.3) is 0 Å². The number of benzene rings is 1. The molecule has 0 bridgehead atoms. The number of hydrogen-bond acceptors (Lipinski definition) is 5. The van der Waals surface area contributed by atoms with Crippen molar-refractivity contribution in [3.8, 4) is 0 Å². The third-order valence-corrected chi connectivity index (χ3v) is 3.54. The Labute approximate surface area is 105 Å². The molecule has 0 saturated heterocycles. The van der Waals surface area contributed by atoms with E-state index in [1.807, 2.05) is 0 Å². The molecule has 1 heterocycles. The minimum Gasteiger partial charge on any atom is -0.397 e. The molecular weight excluding hydrogens is 252 g/mol. The van der Waals surface area contributed by atoms with E-state index in [9.17, 15) is 8.42 Å². The molecule has 0 saturated carbocycles. The van der Waals surface area contributed by atoms with Gasteiger partial charge in [0.1, 0.15) is 0 Å². The molecule has 3 N–H and O–H groups in total. The largest absolute Gasteiger partial charge is 0.397 e. The standard InChI is InChI=1S/C11H14N4O2S/c1-15-6-5-11(14-15)13-10-4-3-8(7-9(10)12)18(2,16)17/h3-7H,12H2,1-2H3,(H,13,14). The van der Waals surface area contributed by atoms with Crippen molar-refractivity contribution in [1.29, 1.82) is 0 Å². The number of nitrogens with one attached hydrogen (secondary N) is 1. The monoisotopic (exact) mass is 266 g/mol. The first-order valence-corrected chi connectivity index (χ1v) is 7.11. The third kappa shape index (κ3) is 2.62. The summed E-state index contributed by atoms with van der Waals surface area (Å²) >= 11 is 0. The van der Waals surface area contributed by atoms with Crippen LogP contribution in [0.15, 0.2) is 35.4 Å². The highest BCUT2D eigenvalue weighted by Crippen LogP contribution is 2.25. The second-order valence-electron chi connectivity index (χ2n) is 4.02. The van der Waals surface area contributed by atoms with Crippen molar-refractivity contribution in [1.82, 2.24) is 9.78 Å². The maximum absolute atomic E-state index is 11.4. The van der Waals surface area contributed by atoms with Crippen molar-refractivity contribution in [2.24, 2.45) is 7.05 Å². The van der Waals surface area contributed by atoms with Gasteiger partial charge in [-0.3, -0.25) is 4.68 Å². The van der Waals surface area contributed by atoms with Gasteiger partial charge in [-0.2, -0.15) is 5.10 Å². The van der Waals surface area contributed by atoms with Crippen LogP contribution >= 0.6 is 0 Å². The van der Waals surface area contributed by atoms with Crippen LogP contribution in [0.25, 0.3) is 0 Å². The summed E-state index contributed by atoms with van der Waals surface area (Å²) in [4.78, 5) is 0.201. The molecule has 18 heavy (non-hydrogen) atoms. The molecule has 0 radical (unpaired) electrons. The summed E-state index contributed by atoms with van der Waals surface area (Å²) in [6, 6.07) is 6.36. The summed E-state index contributed by atoms with van der Waals surface area (Å²) in [5.74, 6) is 0.649. The first-order valence-electron chi connectivity index (χ1n) is 5.22. The van der Waals surface area contributed by atoms with Gasteiger partial charge < -0.3 is 11.1 Å². The van der Waals surface area contributed by atoms with Crippen molar-refractivity contribution < 1.29 is 8.42 Å². The zero-order chi connectivity index (χ0) is 13.3. The lowest BCUT2D eigenvalue weighted by atomic mass is 10.2. The number of aromatic nitrogens is 2. The Balaban J connectivity index is 2.31. The summed E-state index contributed by atoms with van der Waals surface area (Å²) in [5, 5.41) is 7.17. The van der Waals surface area contributed by atoms with Crippen LogP contribution in [-0.4, -0.2) is 24.5 Å². The third-order valence-electron chi connectivity index (χ3n) is 2.43. The van der Waals surface area contributed by atoms with E-state index < -0.39 is 9.84 Å². The molecule has 96 valence electrons. The van der Waals surface area contributed by atoms with Crippen LogP contribution in [0, 0.1) is 0 Å². The van der Waals surface area contributed by atoms with Crippen LogP contribution in [0.1, 0.15) is 0 Å². The zero-order valence-corrected chi connectivity index (χ0v) is 10.9. The fourth-order valence-corrected chi connectivity index (χ4v) is 2.16. The van der Waals surface area contributed by atoms with E-state index in [1.165, 1.54) is 12.1 Å². The summed E-state index contributed by atoms with van der Waals surface area (Å²) in [6.07, 6.45) is 2.94. The van der Waals surface area contributed by atoms with Crippen LogP contribution in [0.2, 0.25) is 0 Å². The van der Waals surface area contributed by atoms with E-state index in [2.05, 4.69) is 10.4 Å². The average molecular weight is 266 g/mol. The SMILES string of the molecule is Cn1ccc(Nc2ccc(S(C)(=O)=O)cc2N)n1. The minimum atomic E-state index is -3.24. The number of nitrogens with two attached hydrogens (primary N) is 1. The second-order valence-corrected chi connectivity index (χ2v) is 6.04. The topological polar surface area (TPSA) is 90.0 Å². The highest BCUT2D eigenvalue weighted by molar-refractivity contribution is 7.90. The van der Waals surface area contributed by atoms with E-state index in [1.54, 1.807) is 30.1 Å². The predicted molar refractivity (Wildman–Crippen MR) is 70.5 cm³/mol. The van der Waals surface area contributed by atoms with Crippen LogP contribution < -0.4 is 11.1 Å². The van der Waals surface area contributed by atoms with Gasteiger partial charge in [0, 0.05) is 25.6 Å². The highest BCUT2D eigenvalue weighted by atomic mass is 32.2. The van der Waals surface area contributed by atoms with Gasteiger partial charge in [0.2, 0.25) is 0 Å². The maximum atomic E-state index is 11.4. The van der Waals surface area contributed by atoms with Crippen LogP contribution in [0.4, 0.5) is 17.2 Å². The Morgan fingerprint density at radius 3 is 2.56 bits per heavy atom. The van der Waals surface area contributed by atoms with E-state index in [4.69, 9.17) is 5.73 Å². The average Bonchev–Trinajstić information content (AvgIpc) is 2.65. The van der Waals surface area contributed by atoms with Gasteiger partial charge in [-0.1, -0.05) is 0 Å². The lowest BCUT2D eigenvalue weighted by Gasteiger charge is -2.08. The summed E-state index contributed by atoms with van der Waals surface area (Å²) in [6.45, 7) is 0. The van der Waals surface area contributed by atoms with Crippen molar-refractivity contribution in [2.45, 2.75) is 4.90 Å². The van der Waals surface area contributed by atoms with Crippen molar-refractivity contribution >= 4 is 27.0 Å². The Morgan fingerprint density at radius 1 is 1.33 bits per heavy atom. The van der Waals surface area contributed by atoms with Gasteiger partial charge in [-0.05, 0) is 18.2 Å². The predicted octanol–water partition coefficient (Wildman–Crippen LogP) is 1.15. The molecule has 2 rings (SSSR count). The van der Waals surface area contributed by atoms with E-state index in [0.29, 0.717) is 17.2 Å². The lowest BCUT2D eigenvalue weighted by Crippen LogP contribution is -2.02. The summed E-state index contributed by atoms with van der Waals surface area (Å²) < 4.78 is 24.4. The molecule has 0 aliphatic carbocycles. The lowest BCUT2D eigenvalue weighted by molar-refractivity contribution is 0.602. The fraction of sp³-hybridized carbons (Fsp3) is 0.182. The molecule has 1 aromatic carbocycles. The molecule has 0 spiro atoms. The number of aryl methyl sites for hydroxylation is 1. The second kappa shape index (κ2) is 4.34. The van der Waals surface area contributed by atoms with Crippen molar-refractivity contribution in [3.05, 3.63) is 30.5 Å². The van der Waals surface area contributed by atoms with E-state index in [-0.39, 0.29) is 4.90 Å². The quantitative estimate of drug-likeness (QED) is 0.813. The van der Waals surface area contributed by atoms with E-state index in [0.717, 1.165) is 6.26 Å². The minimum absolute atomic E-state index is 0.201. The Hall–Kier alpha value is -2.02. The molecule has 0 aliphatic heterocycles. The maximum Gasteiger partial charge on any atom is 0.175 e. The van der Waals surface area contributed by atoms with Gasteiger partial charge >= 0.3 is 0 Å². The van der Waals surface area contributed by atoms with Gasteiger partial charge in [-0.25, -0.2) is 8.42 Å². The molecule has 0 aliphatic rings. The number of rotatable bonds is 3. The Bertz CT molecular complexity index is 676. The van der Waals surface area contributed by atoms with Crippen molar-refractivity contribution in [2.75, 3.05) is 17.3 Å². The van der Waals surface area contributed by atoms with Crippen molar-refractivity contribution in [3.63, 3.8) is 0 Å². The highest BCUT2D eigenvalue weighted by Gasteiger charge is 2.10. The molecule has 6 nitrogen and oxygen atoms in total. The molecule has 2 aromatic rings. The molecule has 0 amide bonds. The van der Waals surface area contributed by atoms with Crippen LogP contribution in [0.5, 0.6) is 0 Å². The molecule has 1 aromatic heterocycles. The fourth-order valence-electron chi connectivity index (χ4n) is 1.51. The Kier molecular flexibility index (Phi) is 3.00. The van der Waals surface area contributed by atoms with Gasteiger partial charge in [0.05, 0.1) is 16.3 Å². The van der Waals surface area contributed by atoms with Crippen LogP contribution in [0.3, 0.4) is 0 Å². The van der Waals surface area contributed by atoms with Crippen LogP contribution in [-0.2, 0) is 16.9 Å². The number of hydrogen-bond donors (Lipinski definition) is 2. The number of nitrogens with zero attached hydrogens (tertiary/aromatic N) is 2. The van der Waals surface area contributed by atoms with E-state index >= 15 is 0 Å². The first-order chi connectivity index (χ1) is 8.36. The zero-order valence-electron chi connectivity index (χ0n) is 10.1. The summed E-state index contributed by atoms with van der Waals surface area (Å²) in [5.41, 5.74) is 6.80. The van der Waals surface area contributed by atoms with Gasteiger partial charge in [0.15, 0.2) is 15.7 Å². The molecule has 0 fully saturated rings. The smallest absolute Gasteiger partial charge is 0.175 e.